The molecule has 0 atom stereocenters. The zero-order valence-corrected chi connectivity index (χ0v) is 12.5. The molecule has 0 bridgehead atoms. The van der Waals surface area contributed by atoms with Gasteiger partial charge in [0, 0.05) is 16.3 Å². The minimum absolute atomic E-state index is 0.134. The number of halogens is 1. The predicted octanol–water partition coefficient (Wildman–Crippen LogP) is 4.19. The van der Waals surface area contributed by atoms with Crippen LogP contribution < -0.4 is 5.32 Å². The molecule has 1 aromatic carbocycles. The van der Waals surface area contributed by atoms with E-state index in [2.05, 4.69) is 10.3 Å². The Morgan fingerprint density at radius 3 is 2.86 bits per heavy atom. The second-order valence-corrected chi connectivity index (χ2v) is 6.00. The number of hydrogen-bond donors (Lipinski definition) is 1. The van der Waals surface area contributed by atoms with E-state index in [-0.39, 0.29) is 18.0 Å². The molecule has 106 valence electrons. The van der Waals surface area contributed by atoms with Gasteiger partial charge in [-0.15, -0.1) is 11.3 Å². The average molecular weight is 318 g/mol. The molecule has 2 aromatic heterocycles. The van der Waals surface area contributed by atoms with Gasteiger partial charge in [0.15, 0.2) is 0 Å². The van der Waals surface area contributed by atoms with E-state index >= 15 is 0 Å². The van der Waals surface area contributed by atoms with Gasteiger partial charge in [0.2, 0.25) is 5.91 Å². The van der Waals surface area contributed by atoms with Crippen molar-refractivity contribution in [2.24, 2.45) is 0 Å². The van der Waals surface area contributed by atoms with Crippen LogP contribution >= 0.6 is 22.7 Å². The molecule has 0 spiro atoms. The number of aromatic nitrogens is 1. The summed E-state index contributed by atoms with van der Waals surface area (Å²) in [6.07, 6.45) is 0.134. The number of rotatable bonds is 4. The van der Waals surface area contributed by atoms with Crippen LogP contribution in [0.3, 0.4) is 0 Å². The van der Waals surface area contributed by atoms with Crippen LogP contribution in [0, 0.1) is 5.82 Å². The number of benzene rings is 1. The molecule has 3 nitrogen and oxygen atoms in total. The van der Waals surface area contributed by atoms with Crippen LogP contribution in [0.4, 0.5) is 10.1 Å². The molecule has 0 saturated heterocycles. The second kappa shape index (κ2) is 6.15. The van der Waals surface area contributed by atoms with E-state index in [1.807, 2.05) is 22.2 Å². The predicted molar refractivity (Wildman–Crippen MR) is 84.2 cm³/mol. The fraction of sp³-hybridized carbons (Fsp3) is 0.0667. The molecule has 0 unspecified atom stereocenters. The van der Waals surface area contributed by atoms with Crippen molar-refractivity contribution >= 4 is 34.3 Å². The third kappa shape index (κ3) is 3.34. The maximum atomic E-state index is 13.5. The van der Waals surface area contributed by atoms with Crippen molar-refractivity contribution < 1.29 is 9.18 Å². The standard InChI is InChI=1S/C15H11FN2OS2/c16-12-3-1-2-4-13(12)18-14(19)7-11-9-21-15(17-11)10-5-6-20-8-10/h1-6,8-9H,7H2,(H,18,19). The molecule has 0 saturated carbocycles. The van der Waals surface area contributed by atoms with E-state index in [9.17, 15) is 9.18 Å². The van der Waals surface area contributed by atoms with Crippen molar-refractivity contribution in [3.63, 3.8) is 0 Å². The summed E-state index contributed by atoms with van der Waals surface area (Å²) in [5.74, 6) is -0.717. The van der Waals surface area contributed by atoms with Crippen LogP contribution in [0.15, 0.2) is 46.5 Å². The minimum atomic E-state index is -0.442. The number of amides is 1. The number of carbonyl (C=O) groups is 1. The van der Waals surface area contributed by atoms with Gasteiger partial charge in [-0.05, 0) is 23.6 Å². The third-order valence-corrected chi connectivity index (χ3v) is 4.43. The Hall–Kier alpha value is -2.05. The first-order chi connectivity index (χ1) is 10.2. The molecule has 1 amide bonds. The Bertz CT molecular complexity index is 753. The molecule has 3 rings (SSSR count). The van der Waals surface area contributed by atoms with Gasteiger partial charge in [-0.3, -0.25) is 4.79 Å². The van der Waals surface area contributed by atoms with Crippen molar-refractivity contribution in [2.45, 2.75) is 6.42 Å². The van der Waals surface area contributed by atoms with E-state index in [0.29, 0.717) is 5.69 Å². The highest BCUT2D eigenvalue weighted by Gasteiger charge is 2.11. The van der Waals surface area contributed by atoms with Crippen LogP contribution in [-0.2, 0) is 11.2 Å². The maximum Gasteiger partial charge on any atom is 0.230 e. The number of nitrogens with one attached hydrogen (secondary N) is 1. The Labute approximate surface area is 129 Å². The lowest BCUT2D eigenvalue weighted by Gasteiger charge is -2.04. The van der Waals surface area contributed by atoms with E-state index in [1.165, 1.54) is 23.5 Å². The number of thiazole rings is 1. The van der Waals surface area contributed by atoms with Crippen LogP contribution in [0.5, 0.6) is 0 Å². The minimum Gasteiger partial charge on any atom is -0.323 e. The summed E-state index contributed by atoms with van der Waals surface area (Å²) in [5, 5.41) is 9.31. The highest BCUT2D eigenvalue weighted by atomic mass is 32.1. The molecular formula is C15H11FN2OS2. The van der Waals surface area contributed by atoms with Crippen molar-refractivity contribution in [1.82, 2.24) is 4.98 Å². The van der Waals surface area contributed by atoms with Crippen molar-refractivity contribution in [2.75, 3.05) is 5.32 Å². The van der Waals surface area contributed by atoms with Crippen LogP contribution in [0.2, 0.25) is 0 Å². The Morgan fingerprint density at radius 1 is 1.24 bits per heavy atom. The van der Waals surface area contributed by atoms with Crippen LogP contribution in [0.25, 0.3) is 10.6 Å². The van der Waals surface area contributed by atoms with Gasteiger partial charge < -0.3 is 5.32 Å². The van der Waals surface area contributed by atoms with Gasteiger partial charge in [-0.2, -0.15) is 11.3 Å². The van der Waals surface area contributed by atoms with Gasteiger partial charge in [-0.1, -0.05) is 12.1 Å². The largest absolute Gasteiger partial charge is 0.323 e. The highest BCUT2D eigenvalue weighted by molar-refractivity contribution is 7.14. The zero-order valence-electron chi connectivity index (χ0n) is 10.9. The first kappa shape index (κ1) is 13.9. The smallest absolute Gasteiger partial charge is 0.230 e. The molecule has 2 heterocycles. The highest BCUT2D eigenvalue weighted by Crippen LogP contribution is 2.26. The monoisotopic (exact) mass is 318 g/mol. The Morgan fingerprint density at radius 2 is 2.10 bits per heavy atom. The molecular weight excluding hydrogens is 307 g/mol. The second-order valence-electron chi connectivity index (χ2n) is 4.36. The fourth-order valence-electron chi connectivity index (χ4n) is 1.83. The molecule has 0 aliphatic carbocycles. The van der Waals surface area contributed by atoms with Crippen molar-refractivity contribution in [3.8, 4) is 10.6 Å². The van der Waals surface area contributed by atoms with Crippen molar-refractivity contribution in [3.05, 3.63) is 58.0 Å². The van der Waals surface area contributed by atoms with Crippen LogP contribution in [-0.4, -0.2) is 10.9 Å². The van der Waals surface area contributed by atoms with E-state index in [1.54, 1.807) is 23.5 Å². The molecule has 0 aliphatic rings. The molecule has 6 heteroatoms. The maximum absolute atomic E-state index is 13.5. The van der Waals surface area contributed by atoms with Crippen molar-refractivity contribution in [1.29, 1.82) is 0 Å². The first-order valence-electron chi connectivity index (χ1n) is 6.24. The number of nitrogens with zero attached hydrogens (tertiary/aromatic N) is 1. The van der Waals surface area contributed by atoms with E-state index in [0.717, 1.165) is 10.6 Å². The molecule has 0 radical (unpaired) electrons. The van der Waals surface area contributed by atoms with Gasteiger partial charge in [-0.25, -0.2) is 9.37 Å². The lowest BCUT2D eigenvalue weighted by atomic mass is 10.2. The van der Waals surface area contributed by atoms with Gasteiger partial charge in [0.1, 0.15) is 10.8 Å². The lowest BCUT2D eigenvalue weighted by Crippen LogP contribution is -2.15. The summed E-state index contributed by atoms with van der Waals surface area (Å²) in [4.78, 5) is 16.3. The van der Waals surface area contributed by atoms with Gasteiger partial charge >= 0.3 is 0 Å². The average Bonchev–Trinajstić information content (AvgIpc) is 3.12. The SMILES string of the molecule is O=C(Cc1csc(-c2ccsc2)n1)Nc1ccccc1F. The number of anilines is 1. The Balaban J connectivity index is 1.67. The number of para-hydroxylation sites is 1. The van der Waals surface area contributed by atoms with Crippen LogP contribution in [0.1, 0.15) is 5.69 Å². The molecule has 3 aromatic rings. The summed E-state index contributed by atoms with van der Waals surface area (Å²) < 4.78 is 13.5. The topological polar surface area (TPSA) is 42.0 Å². The summed E-state index contributed by atoms with van der Waals surface area (Å²) in [6, 6.07) is 8.10. The lowest BCUT2D eigenvalue weighted by molar-refractivity contribution is -0.115. The fourth-order valence-corrected chi connectivity index (χ4v) is 3.36. The summed E-state index contributed by atoms with van der Waals surface area (Å²) in [5.41, 5.74) is 1.94. The number of hydrogen-bond acceptors (Lipinski definition) is 4. The van der Waals surface area contributed by atoms with E-state index < -0.39 is 5.82 Å². The van der Waals surface area contributed by atoms with E-state index in [4.69, 9.17) is 0 Å². The Kier molecular flexibility index (Phi) is 4.08. The van der Waals surface area contributed by atoms with Gasteiger partial charge in [0.05, 0.1) is 17.8 Å². The molecule has 0 aliphatic heterocycles. The summed E-state index contributed by atoms with van der Waals surface area (Å²) in [6.45, 7) is 0. The first-order valence-corrected chi connectivity index (χ1v) is 8.06. The summed E-state index contributed by atoms with van der Waals surface area (Å²) in [7, 11) is 0. The third-order valence-electron chi connectivity index (χ3n) is 2.81. The molecule has 1 N–H and O–H groups in total. The molecule has 0 fully saturated rings. The number of carbonyl (C=O) groups excluding carboxylic acids is 1. The normalized spacial score (nSPS) is 10.5. The zero-order chi connectivity index (χ0) is 14.7. The van der Waals surface area contributed by atoms with Gasteiger partial charge in [0.25, 0.3) is 0 Å². The summed E-state index contributed by atoms with van der Waals surface area (Å²) >= 11 is 3.11. The molecule has 21 heavy (non-hydrogen) atoms. The quantitative estimate of drug-likeness (QED) is 0.783. The number of thiophene rings is 1.